The Bertz CT molecular complexity index is 84.7. The van der Waals surface area contributed by atoms with Crippen LogP contribution in [0.25, 0.3) is 0 Å². The first-order valence-electron chi connectivity index (χ1n) is 4.82. The Balaban J connectivity index is -0.000000147. The topological polar surface area (TPSA) is 121 Å². The van der Waals surface area contributed by atoms with Gasteiger partial charge in [0.15, 0.2) is 6.29 Å². The van der Waals surface area contributed by atoms with Crippen molar-refractivity contribution in [3.05, 3.63) is 0 Å². The summed E-state index contributed by atoms with van der Waals surface area (Å²) in [6.45, 7) is 3.04. The number of aliphatic hydroxyl groups excluding tert-OH is 5. The van der Waals surface area contributed by atoms with Crippen molar-refractivity contribution >= 4 is 0 Å². The molecule has 0 aromatic carbocycles. The van der Waals surface area contributed by atoms with Crippen LogP contribution in [-0.4, -0.2) is 62.9 Å². The molecule has 6 heteroatoms. The van der Waals surface area contributed by atoms with Crippen molar-refractivity contribution in [3.63, 3.8) is 0 Å². The molecule has 1 unspecified atom stereocenters. The van der Waals surface area contributed by atoms with E-state index in [4.69, 9.17) is 30.6 Å². The van der Waals surface area contributed by atoms with Crippen LogP contribution in [0.1, 0.15) is 26.7 Å². The van der Waals surface area contributed by atoms with Crippen LogP contribution >= 0.6 is 0 Å². The fourth-order valence-corrected chi connectivity index (χ4v) is 0.258. The molecule has 0 radical (unpaired) electrons. The lowest BCUT2D eigenvalue weighted by Crippen LogP contribution is -2.03. The van der Waals surface area contributed by atoms with Gasteiger partial charge in [0.2, 0.25) is 0 Å². The second-order valence-electron chi connectivity index (χ2n) is 2.75. The maximum absolute atomic E-state index is 8.11. The highest BCUT2D eigenvalue weighted by molar-refractivity contribution is 4.34. The zero-order valence-electron chi connectivity index (χ0n) is 9.37. The predicted molar refractivity (Wildman–Crippen MR) is 56.1 cm³/mol. The van der Waals surface area contributed by atoms with Gasteiger partial charge in [0.25, 0.3) is 0 Å². The SMILES string of the molecule is CC(O)CO.CCCC(O)O.OCCO. The quantitative estimate of drug-likeness (QED) is 0.323. The lowest BCUT2D eigenvalue weighted by Gasteiger charge is -1.94. The predicted octanol–water partition coefficient (Wildman–Crippen LogP) is -1.57. The second kappa shape index (κ2) is 19.4. The van der Waals surface area contributed by atoms with Gasteiger partial charge in [0.05, 0.1) is 25.9 Å². The molecule has 0 fully saturated rings. The van der Waals surface area contributed by atoms with Crippen LogP contribution in [0.3, 0.4) is 0 Å². The first-order chi connectivity index (χ1) is 6.95. The summed E-state index contributed by atoms with van der Waals surface area (Å²) >= 11 is 0. The van der Waals surface area contributed by atoms with E-state index in [0.717, 1.165) is 6.42 Å². The Kier molecular flexibility index (Phi) is 26.1. The van der Waals surface area contributed by atoms with Crippen molar-refractivity contribution in [1.29, 1.82) is 0 Å². The Morgan fingerprint density at radius 2 is 1.27 bits per heavy atom. The van der Waals surface area contributed by atoms with Crippen LogP contribution in [0.4, 0.5) is 0 Å². The van der Waals surface area contributed by atoms with E-state index < -0.39 is 12.4 Å². The first-order valence-corrected chi connectivity index (χ1v) is 4.82. The van der Waals surface area contributed by atoms with Crippen molar-refractivity contribution < 1.29 is 30.6 Å². The highest BCUT2D eigenvalue weighted by Crippen LogP contribution is 1.88. The maximum Gasteiger partial charge on any atom is 0.151 e. The Labute approximate surface area is 90.4 Å². The van der Waals surface area contributed by atoms with Gasteiger partial charge in [0.1, 0.15) is 0 Å². The van der Waals surface area contributed by atoms with E-state index in [9.17, 15) is 0 Å². The number of hydrogen-bond acceptors (Lipinski definition) is 6. The van der Waals surface area contributed by atoms with Gasteiger partial charge in [-0.2, -0.15) is 0 Å². The molecule has 0 aromatic heterocycles. The van der Waals surface area contributed by atoms with Crippen LogP contribution in [0, 0.1) is 0 Å². The van der Waals surface area contributed by atoms with Crippen LogP contribution in [0.2, 0.25) is 0 Å². The molecule has 0 aliphatic heterocycles. The first kappa shape index (κ1) is 20.2. The number of aliphatic hydroxyl groups is 6. The number of rotatable bonds is 4. The molecule has 0 aliphatic carbocycles. The van der Waals surface area contributed by atoms with Gasteiger partial charge in [-0.1, -0.05) is 13.3 Å². The van der Waals surface area contributed by atoms with E-state index in [1.165, 1.54) is 6.92 Å². The lowest BCUT2D eigenvalue weighted by atomic mass is 10.3. The fourth-order valence-electron chi connectivity index (χ4n) is 0.258. The lowest BCUT2D eigenvalue weighted by molar-refractivity contribution is -0.0453. The molecule has 0 spiro atoms. The molecule has 0 aromatic rings. The Morgan fingerprint density at radius 3 is 1.27 bits per heavy atom. The molecule has 0 bridgehead atoms. The van der Waals surface area contributed by atoms with Crippen LogP contribution in [-0.2, 0) is 0 Å². The van der Waals surface area contributed by atoms with E-state index in [1.54, 1.807) is 0 Å². The molecule has 15 heavy (non-hydrogen) atoms. The van der Waals surface area contributed by atoms with Crippen LogP contribution in [0.5, 0.6) is 0 Å². The summed E-state index contributed by atoms with van der Waals surface area (Å²) in [6.07, 6.45) is -0.345. The molecule has 0 heterocycles. The van der Waals surface area contributed by atoms with Gasteiger partial charge >= 0.3 is 0 Å². The monoisotopic (exact) mass is 228 g/mol. The largest absolute Gasteiger partial charge is 0.394 e. The van der Waals surface area contributed by atoms with Crippen LogP contribution in [0.15, 0.2) is 0 Å². The van der Waals surface area contributed by atoms with Gasteiger partial charge in [-0.15, -0.1) is 0 Å². The maximum atomic E-state index is 8.11. The normalized spacial score (nSPS) is 11.0. The minimum Gasteiger partial charge on any atom is -0.394 e. The van der Waals surface area contributed by atoms with Crippen molar-refractivity contribution in [2.75, 3.05) is 19.8 Å². The summed E-state index contributed by atoms with van der Waals surface area (Å²) in [6, 6.07) is 0. The molecule has 0 saturated carbocycles. The third-order valence-corrected chi connectivity index (χ3v) is 0.911. The second-order valence-corrected chi connectivity index (χ2v) is 2.75. The summed E-state index contributed by atoms with van der Waals surface area (Å²) in [7, 11) is 0. The molecular weight excluding hydrogens is 204 g/mol. The van der Waals surface area contributed by atoms with Crippen molar-refractivity contribution in [1.82, 2.24) is 0 Å². The molecule has 6 N–H and O–H groups in total. The van der Waals surface area contributed by atoms with Crippen molar-refractivity contribution in [2.24, 2.45) is 0 Å². The van der Waals surface area contributed by atoms with Gasteiger partial charge < -0.3 is 30.6 Å². The molecule has 96 valence electrons. The third-order valence-electron chi connectivity index (χ3n) is 0.911. The molecule has 1 atom stereocenters. The van der Waals surface area contributed by atoms with E-state index in [0.29, 0.717) is 6.42 Å². The summed E-state index contributed by atoms with van der Waals surface area (Å²) in [5, 5.41) is 47.5. The average molecular weight is 228 g/mol. The fraction of sp³-hybridized carbons (Fsp3) is 1.00. The van der Waals surface area contributed by atoms with Gasteiger partial charge in [0, 0.05) is 0 Å². The summed E-state index contributed by atoms with van der Waals surface area (Å²) in [5.74, 6) is 0. The van der Waals surface area contributed by atoms with E-state index in [-0.39, 0.29) is 19.8 Å². The van der Waals surface area contributed by atoms with Gasteiger partial charge in [-0.05, 0) is 13.3 Å². The van der Waals surface area contributed by atoms with E-state index >= 15 is 0 Å². The van der Waals surface area contributed by atoms with E-state index in [2.05, 4.69) is 0 Å². The number of hydrogen-bond donors (Lipinski definition) is 6. The third kappa shape index (κ3) is 57.4. The summed E-state index contributed by atoms with van der Waals surface area (Å²) < 4.78 is 0. The van der Waals surface area contributed by atoms with Crippen molar-refractivity contribution in [3.8, 4) is 0 Å². The highest BCUT2D eigenvalue weighted by Gasteiger charge is 1.89. The summed E-state index contributed by atoms with van der Waals surface area (Å²) in [4.78, 5) is 0. The zero-order valence-corrected chi connectivity index (χ0v) is 9.37. The van der Waals surface area contributed by atoms with Gasteiger partial charge in [-0.3, -0.25) is 0 Å². The molecule has 0 saturated heterocycles. The Morgan fingerprint density at radius 1 is 0.933 bits per heavy atom. The zero-order chi connectivity index (χ0) is 12.7. The minimum atomic E-state index is -1.10. The highest BCUT2D eigenvalue weighted by atomic mass is 16.5. The van der Waals surface area contributed by atoms with Crippen LogP contribution < -0.4 is 0 Å². The average Bonchev–Trinajstić information content (AvgIpc) is 2.19. The molecule has 0 aliphatic rings. The molecular formula is C9H24O6. The smallest absolute Gasteiger partial charge is 0.151 e. The molecule has 6 nitrogen and oxygen atoms in total. The molecule has 0 rings (SSSR count). The minimum absolute atomic E-state index is 0.125. The molecule has 0 amide bonds. The summed E-state index contributed by atoms with van der Waals surface area (Å²) in [5.41, 5.74) is 0. The van der Waals surface area contributed by atoms with Gasteiger partial charge in [-0.25, -0.2) is 0 Å². The van der Waals surface area contributed by atoms with Crippen molar-refractivity contribution in [2.45, 2.75) is 39.1 Å². The van der Waals surface area contributed by atoms with E-state index in [1.807, 2.05) is 6.92 Å². The Hall–Kier alpha value is -0.240. The standard InChI is InChI=1S/C4H10O2.C3H8O2.C2H6O2/c1-2-3-4(5)6;1-3(5)2-4;3-1-2-4/h4-6H,2-3H2,1H3;3-5H,2H2,1H3;3-4H,1-2H2.